The van der Waals surface area contributed by atoms with Crippen LogP contribution in [0.3, 0.4) is 0 Å². The van der Waals surface area contributed by atoms with Crippen LogP contribution in [0.2, 0.25) is 0 Å². The summed E-state index contributed by atoms with van der Waals surface area (Å²) in [5.74, 6) is 4.17. The van der Waals surface area contributed by atoms with Crippen LogP contribution in [0.1, 0.15) is 47.0 Å². The van der Waals surface area contributed by atoms with Crippen molar-refractivity contribution in [1.29, 1.82) is 0 Å². The molecule has 0 aromatic carbocycles. The van der Waals surface area contributed by atoms with E-state index >= 15 is 0 Å². The topological polar surface area (TPSA) is 0 Å². The summed E-state index contributed by atoms with van der Waals surface area (Å²) in [4.78, 5) is 0. The average molecular weight is 166 g/mol. The lowest BCUT2D eigenvalue weighted by Crippen LogP contribution is -2.31. The van der Waals surface area contributed by atoms with Crippen molar-refractivity contribution in [2.45, 2.75) is 47.0 Å². The van der Waals surface area contributed by atoms with Gasteiger partial charge in [-0.25, -0.2) is 0 Å². The molecule has 2 aliphatic rings. The molecule has 70 valence electrons. The first kappa shape index (κ1) is 8.59. The molecule has 0 heteroatoms. The van der Waals surface area contributed by atoms with Gasteiger partial charge in [-0.15, -0.1) is 0 Å². The molecular formula is C12H22. The minimum absolute atomic E-state index is 0.555. The molecule has 2 saturated carbocycles. The van der Waals surface area contributed by atoms with Gasteiger partial charge in [0.05, 0.1) is 0 Å². The summed E-state index contributed by atoms with van der Waals surface area (Å²) in [5.41, 5.74) is 0.555. The molecule has 0 aliphatic heterocycles. The summed E-state index contributed by atoms with van der Waals surface area (Å²) >= 11 is 0. The summed E-state index contributed by atoms with van der Waals surface area (Å²) in [6, 6.07) is 0. The van der Waals surface area contributed by atoms with E-state index in [2.05, 4.69) is 27.7 Å². The first-order valence-corrected chi connectivity index (χ1v) is 5.50. The monoisotopic (exact) mass is 166 g/mol. The lowest BCUT2D eigenvalue weighted by atomic mass is 9.67. The van der Waals surface area contributed by atoms with E-state index in [4.69, 9.17) is 0 Å². The number of hydrogen-bond donors (Lipinski definition) is 0. The summed E-state index contributed by atoms with van der Waals surface area (Å²) in [5, 5.41) is 0. The van der Waals surface area contributed by atoms with Gasteiger partial charge in [0, 0.05) is 0 Å². The van der Waals surface area contributed by atoms with E-state index in [1.807, 2.05) is 0 Å². The zero-order valence-corrected chi connectivity index (χ0v) is 8.93. The Bertz CT molecular complexity index is 173. The Morgan fingerprint density at radius 1 is 1.00 bits per heavy atom. The molecule has 4 atom stereocenters. The lowest BCUT2D eigenvalue weighted by molar-refractivity contribution is 0.106. The van der Waals surface area contributed by atoms with Crippen LogP contribution in [0.25, 0.3) is 0 Å². The highest BCUT2D eigenvalue weighted by Crippen LogP contribution is 2.57. The van der Waals surface area contributed by atoms with Crippen LogP contribution in [-0.4, -0.2) is 0 Å². The van der Waals surface area contributed by atoms with E-state index in [1.54, 1.807) is 6.42 Å². The zero-order valence-electron chi connectivity index (χ0n) is 8.93. The Balaban J connectivity index is 2.17. The van der Waals surface area contributed by atoms with Gasteiger partial charge in [-0.05, 0) is 48.3 Å². The Morgan fingerprint density at radius 2 is 1.58 bits per heavy atom. The van der Waals surface area contributed by atoms with Crippen molar-refractivity contribution in [2.24, 2.45) is 29.1 Å². The van der Waals surface area contributed by atoms with Gasteiger partial charge in [0.25, 0.3) is 0 Å². The average Bonchev–Trinajstić information content (AvgIpc) is 2.42. The van der Waals surface area contributed by atoms with Gasteiger partial charge in [0.15, 0.2) is 0 Å². The van der Waals surface area contributed by atoms with E-state index in [1.165, 1.54) is 12.8 Å². The van der Waals surface area contributed by atoms with E-state index in [-0.39, 0.29) is 0 Å². The summed E-state index contributed by atoms with van der Waals surface area (Å²) in [7, 11) is 0. The smallest absolute Gasteiger partial charge is 0.0308 e. The Labute approximate surface area is 76.7 Å². The highest BCUT2D eigenvalue weighted by molar-refractivity contribution is 4.98. The van der Waals surface area contributed by atoms with Gasteiger partial charge in [-0.3, -0.25) is 0 Å². The number of rotatable bonds is 0. The third-order valence-electron chi connectivity index (χ3n) is 4.33. The van der Waals surface area contributed by atoms with Crippen LogP contribution in [0, 0.1) is 29.1 Å². The second kappa shape index (κ2) is 2.49. The van der Waals surface area contributed by atoms with E-state index in [0.29, 0.717) is 5.41 Å². The maximum atomic E-state index is 2.49. The molecule has 0 N–H and O–H groups in total. The number of fused-ring (bicyclic) bond motifs is 2. The predicted molar refractivity (Wildman–Crippen MR) is 52.9 cm³/mol. The fraction of sp³-hybridized carbons (Fsp3) is 1.00. The quantitative estimate of drug-likeness (QED) is 0.514. The molecule has 0 spiro atoms. The van der Waals surface area contributed by atoms with E-state index in [0.717, 1.165) is 23.7 Å². The van der Waals surface area contributed by atoms with Crippen molar-refractivity contribution in [2.75, 3.05) is 0 Å². The minimum Gasteiger partial charge on any atom is -0.0619 e. The van der Waals surface area contributed by atoms with Crippen LogP contribution < -0.4 is 0 Å². The third kappa shape index (κ3) is 1.11. The molecule has 2 aliphatic carbocycles. The Kier molecular flexibility index (Phi) is 1.79. The third-order valence-corrected chi connectivity index (χ3v) is 4.33. The van der Waals surface area contributed by atoms with Gasteiger partial charge in [0.1, 0.15) is 0 Å². The minimum atomic E-state index is 0.555. The van der Waals surface area contributed by atoms with Crippen LogP contribution in [0.4, 0.5) is 0 Å². The Morgan fingerprint density at radius 3 is 1.92 bits per heavy atom. The Hall–Kier alpha value is 0. The van der Waals surface area contributed by atoms with Crippen LogP contribution in [0.15, 0.2) is 0 Å². The molecule has 3 unspecified atom stereocenters. The molecule has 0 amide bonds. The van der Waals surface area contributed by atoms with Gasteiger partial charge >= 0.3 is 0 Å². The molecule has 0 aromatic heterocycles. The van der Waals surface area contributed by atoms with Gasteiger partial charge in [-0.2, -0.15) is 0 Å². The predicted octanol–water partition coefficient (Wildman–Crippen LogP) is 3.71. The van der Waals surface area contributed by atoms with Gasteiger partial charge < -0.3 is 0 Å². The van der Waals surface area contributed by atoms with E-state index < -0.39 is 0 Å². The summed E-state index contributed by atoms with van der Waals surface area (Å²) < 4.78 is 0. The van der Waals surface area contributed by atoms with Gasteiger partial charge in [-0.1, -0.05) is 27.7 Å². The van der Waals surface area contributed by atoms with Crippen LogP contribution >= 0.6 is 0 Å². The summed E-state index contributed by atoms with van der Waals surface area (Å²) in [6.07, 6.45) is 4.60. The molecule has 12 heavy (non-hydrogen) atoms. The largest absolute Gasteiger partial charge is 0.0619 e. The highest BCUT2D eigenvalue weighted by Gasteiger charge is 2.49. The molecule has 2 fully saturated rings. The molecule has 0 saturated heterocycles. The molecule has 2 bridgehead atoms. The number of hydrogen-bond acceptors (Lipinski definition) is 0. The molecule has 0 nitrogen and oxygen atoms in total. The zero-order chi connectivity index (χ0) is 8.93. The second-order valence-electron chi connectivity index (χ2n) is 6.08. The first-order chi connectivity index (χ1) is 5.50. The van der Waals surface area contributed by atoms with Crippen molar-refractivity contribution >= 4 is 0 Å². The van der Waals surface area contributed by atoms with Crippen molar-refractivity contribution in [3.8, 4) is 0 Å². The van der Waals surface area contributed by atoms with E-state index in [9.17, 15) is 0 Å². The fourth-order valence-electron chi connectivity index (χ4n) is 4.07. The van der Waals surface area contributed by atoms with Crippen LogP contribution in [-0.2, 0) is 0 Å². The highest BCUT2D eigenvalue weighted by atomic mass is 14.5. The maximum Gasteiger partial charge on any atom is -0.0308 e. The maximum absolute atomic E-state index is 2.49. The van der Waals surface area contributed by atoms with Gasteiger partial charge in [0.2, 0.25) is 0 Å². The fourth-order valence-corrected chi connectivity index (χ4v) is 4.07. The molecule has 0 heterocycles. The molecule has 0 aromatic rings. The summed E-state index contributed by atoms with van der Waals surface area (Å²) in [6.45, 7) is 9.76. The lowest BCUT2D eigenvalue weighted by Gasteiger charge is -2.38. The van der Waals surface area contributed by atoms with Crippen molar-refractivity contribution < 1.29 is 0 Å². The second-order valence-corrected chi connectivity index (χ2v) is 6.08. The normalized spacial score (nSPS) is 47.0. The first-order valence-electron chi connectivity index (χ1n) is 5.50. The standard InChI is InChI=1S/C12H22/c1-8-9-5-6-10(7-9)11(8)12(2,3)4/h8-11H,5-7H2,1-4H3/t8-,9?,10?,11?/m1/s1. The SMILES string of the molecule is C[C@@H]1C2CCC(C2)C1C(C)(C)C. The van der Waals surface area contributed by atoms with Crippen LogP contribution in [0.5, 0.6) is 0 Å². The molecular weight excluding hydrogens is 144 g/mol. The van der Waals surface area contributed by atoms with Crippen molar-refractivity contribution in [1.82, 2.24) is 0 Å². The van der Waals surface area contributed by atoms with Crippen molar-refractivity contribution in [3.63, 3.8) is 0 Å². The molecule has 2 rings (SSSR count). The van der Waals surface area contributed by atoms with Crippen molar-refractivity contribution in [3.05, 3.63) is 0 Å². The molecule has 0 radical (unpaired) electrons.